The lowest BCUT2D eigenvalue weighted by Crippen LogP contribution is -1.94. The standard InChI is InChI=1S/C40H50N4/c1-5-9-12-15-18-30-35-23-21-33(41-35)29(8-4)34-22-24-36(42-34)31(19-16-13-10-6-2)38-26-28-40(44-38)32(20-17-14-11-7-3)39-27-25-37(30)43-39/h4,21-28,43-44H,5-7,9-20H2,1-3H3. The fourth-order valence-electron chi connectivity index (χ4n) is 6.51. The molecule has 0 spiro atoms. The number of terminal acetylenes is 1. The summed E-state index contributed by atoms with van der Waals surface area (Å²) in [5, 5.41) is 0. The number of fused-ring (bicyclic) bond motifs is 8. The summed E-state index contributed by atoms with van der Waals surface area (Å²) in [6.45, 7) is 6.80. The van der Waals surface area contributed by atoms with Crippen LogP contribution in [0.3, 0.4) is 0 Å². The summed E-state index contributed by atoms with van der Waals surface area (Å²) >= 11 is 0. The van der Waals surface area contributed by atoms with Gasteiger partial charge in [-0.2, -0.15) is 0 Å². The summed E-state index contributed by atoms with van der Waals surface area (Å²) in [4.78, 5) is 18.0. The molecule has 5 rings (SSSR count). The van der Waals surface area contributed by atoms with Crippen molar-refractivity contribution in [1.29, 1.82) is 0 Å². The van der Waals surface area contributed by atoms with Crippen molar-refractivity contribution in [3.63, 3.8) is 0 Å². The Labute approximate surface area is 264 Å². The molecule has 0 amide bonds. The van der Waals surface area contributed by atoms with Gasteiger partial charge >= 0.3 is 0 Å². The molecule has 3 aromatic heterocycles. The van der Waals surface area contributed by atoms with Crippen LogP contribution in [0.5, 0.6) is 0 Å². The second kappa shape index (κ2) is 15.8. The molecule has 0 atom stereocenters. The van der Waals surface area contributed by atoms with Crippen LogP contribution in [0, 0.1) is 12.3 Å². The van der Waals surface area contributed by atoms with Crippen molar-refractivity contribution >= 4 is 46.4 Å². The molecule has 4 nitrogen and oxygen atoms in total. The van der Waals surface area contributed by atoms with E-state index in [4.69, 9.17) is 16.4 Å². The molecule has 0 saturated carbocycles. The first-order valence-corrected chi connectivity index (χ1v) is 17.3. The number of aromatic amines is 2. The first-order valence-electron chi connectivity index (χ1n) is 17.3. The van der Waals surface area contributed by atoms with Gasteiger partial charge in [0.15, 0.2) is 0 Å². The lowest BCUT2D eigenvalue weighted by atomic mass is 10.0. The largest absolute Gasteiger partial charge is 0.355 e. The number of nitrogens with one attached hydrogen (secondary N) is 2. The van der Waals surface area contributed by atoms with E-state index in [1.807, 2.05) is 0 Å². The molecular formula is C40H50N4. The average molecular weight is 587 g/mol. The monoisotopic (exact) mass is 586 g/mol. The lowest BCUT2D eigenvalue weighted by molar-refractivity contribution is 0.667. The fourth-order valence-corrected chi connectivity index (χ4v) is 6.51. The molecule has 2 aliphatic heterocycles. The molecule has 0 radical (unpaired) electrons. The van der Waals surface area contributed by atoms with Gasteiger partial charge in [-0.3, -0.25) is 0 Å². The van der Waals surface area contributed by atoms with Gasteiger partial charge in [-0.25, -0.2) is 9.97 Å². The molecule has 2 N–H and O–H groups in total. The van der Waals surface area contributed by atoms with E-state index in [1.165, 1.54) is 91.9 Å². The number of rotatable bonds is 15. The molecule has 0 aliphatic carbocycles. The van der Waals surface area contributed by atoms with Gasteiger partial charge in [0, 0.05) is 33.2 Å². The molecule has 0 aromatic carbocycles. The molecule has 4 heteroatoms. The highest BCUT2D eigenvalue weighted by Gasteiger charge is 2.16. The van der Waals surface area contributed by atoms with Crippen molar-refractivity contribution in [1.82, 2.24) is 19.9 Å². The first-order chi connectivity index (χ1) is 21.7. The van der Waals surface area contributed by atoms with Crippen molar-refractivity contribution in [2.45, 2.75) is 117 Å². The third kappa shape index (κ3) is 7.44. The smallest absolute Gasteiger partial charge is 0.0816 e. The van der Waals surface area contributed by atoms with E-state index in [2.05, 4.69) is 85.2 Å². The van der Waals surface area contributed by atoms with Crippen molar-refractivity contribution in [2.24, 2.45) is 0 Å². The van der Waals surface area contributed by atoms with Crippen LogP contribution in [0.4, 0.5) is 0 Å². The Morgan fingerprint density at radius 3 is 1.25 bits per heavy atom. The number of aryl methyl sites for hydroxylation is 3. The highest BCUT2D eigenvalue weighted by atomic mass is 14.8. The quantitative estimate of drug-likeness (QED) is 0.0947. The number of hydrogen-bond donors (Lipinski definition) is 2. The van der Waals surface area contributed by atoms with E-state index in [0.717, 1.165) is 71.5 Å². The zero-order valence-corrected chi connectivity index (χ0v) is 27.2. The summed E-state index contributed by atoms with van der Waals surface area (Å²) in [6, 6.07) is 9.07. The zero-order chi connectivity index (χ0) is 30.7. The van der Waals surface area contributed by atoms with Crippen LogP contribution in [-0.2, 0) is 19.3 Å². The van der Waals surface area contributed by atoms with Crippen LogP contribution in [0.15, 0.2) is 24.3 Å². The maximum absolute atomic E-state index is 6.13. The van der Waals surface area contributed by atoms with Gasteiger partial charge < -0.3 is 9.97 Å². The third-order valence-corrected chi connectivity index (χ3v) is 9.07. The Balaban J connectivity index is 1.77. The van der Waals surface area contributed by atoms with Crippen molar-refractivity contribution in [3.8, 4) is 12.3 Å². The van der Waals surface area contributed by atoms with Gasteiger partial charge in [-0.1, -0.05) is 84.5 Å². The Morgan fingerprint density at radius 1 is 0.500 bits per heavy atom. The predicted octanol–water partition coefficient (Wildman–Crippen LogP) is 11.0. The molecule has 2 aliphatic rings. The molecular weight excluding hydrogens is 536 g/mol. The minimum absolute atomic E-state index is 0.757. The van der Waals surface area contributed by atoms with Gasteiger partial charge in [0.05, 0.1) is 28.3 Å². The molecule has 0 unspecified atom stereocenters. The fraction of sp³-hybridized carbons (Fsp3) is 0.450. The SMILES string of the molecule is C#Cc1c2nc(c(CCCCCC)c3ccc([nH]3)c(CCCCCC)c3ccc([nH]3)c(CCCCCC)c3nc1C=C3)C=C2. The molecule has 230 valence electrons. The minimum atomic E-state index is 0.757. The van der Waals surface area contributed by atoms with Crippen LogP contribution >= 0.6 is 0 Å². The summed E-state index contributed by atoms with van der Waals surface area (Å²) in [5.74, 6) is 2.94. The summed E-state index contributed by atoms with van der Waals surface area (Å²) in [5.41, 5.74) is 13.0. The maximum Gasteiger partial charge on any atom is 0.0816 e. The second-order valence-corrected chi connectivity index (χ2v) is 12.4. The number of unbranched alkanes of at least 4 members (excludes halogenated alkanes) is 9. The van der Waals surface area contributed by atoms with Gasteiger partial charge in [-0.15, -0.1) is 6.42 Å². The molecule has 44 heavy (non-hydrogen) atoms. The summed E-state index contributed by atoms with van der Waals surface area (Å²) in [7, 11) is 0. The van der Waals surface area contributed by atoms with Crippen LogP contribution in [0.2, 0.25) is 0 Å². The third-order valence-electron chi connectivity index (χ3n) is 9.07. The normalized spacial score (nSPS) is 12.2. The van der Waals surface area contributed by atoms with E-state index in [1.54, 1.807) is 0 Å². The predicted molar refractivity (Wildman–Crippen MR) is 190 cm³/mol. The first kappa shape index (κ1) is 31.6. The topological polar surface area (TPSA) is 57.4 Å². The Kier molecular flexibility index (Phi) is 11.3. The van der Waals surface area contributed by atoms with Crippen molar-refractivity contribution in [2.75, 3.05) is 0 Å². The van der Waals surface area contributed by atoms with E-state index in [9.17, 15) is 0 Å². The van der Waals surface area contributed by atoms with E-state index in [-0.39, 0.29) is 0 Å². The van der Waals surface area contributed by atoms with Gasteiger partial charge in [0.1, 0.15) is 0 Å². The van der Waals surface area contributed by atoms with E-state index < -0.39 is 0 Å². The highest BCUT2D eigenvalue weighted by Crippen LogP contribution is 2.29. The highest BCUT2D eigenvalue weighted by molar-refractivity contribution is 5.84. The molecule has 5 heterocycles. The Hall–Kier alpha value is -3.84. The molecule has 8 bridgehead atoms. The van der Waals surface area contributed by atoms with Crippen LogP contribution < -0.4 is 0 Å². The van der Waals surface area contributed by atoms with Crippen LogP contribution in [0.25, 0.3) is 46.4 Å². The lowest BCUT2D eigenvalue weighted by Gasteiger charge is -2.05. The summed E-state index contributed by atoms with van der Waals surface area (Å²) < 4.78 is 0. The van der Waals surface area contributed by atoms with Gasteiger partial charge in [0.25, 0.3) is 0 Å². The Morgan fingerprint density at radius 2 is 0.864 bits per heavy atom. The maximum atomic E-state index is 6.13. The molecule has 0 saturated heterocycles. The van der Waals surface area contributed by atoms with Crippen molar-refractivity contribution in [3.05, 3.63) is 69.3 Å². The van der Waals surface area contributed by atoms with Gasteiger partial charge in [0.2, 0.25) is 0 Å². The second-order valence-electron chi connectivity index (χ2n) is 12.4. The number of H-pyrrole nitrogens is 2. The van der Waals surface area contributed by atoms with Crippen LogP contribution in [-0.4, -0.2) is 19.9 Å². The number of nitrogens with zero attached hydrogens (tertiary/aromatic N) is 2. The average Bonchev–Trinajstić information content (AvgIpc) is 3.86. The summed E-state index contributed by atoms with van der Waals surface area (Å²) in [6.07, 6.45) is 32.2. The number of aromatic nitrogens is 4. The van der Waals surface area contributed by atoms with E-state index >= 15 is 0 Å². The molecule has 0 fully saturated rings. The number of hydrogen-bond acceptors (Lipinski definition) is 2. The zero-order valence-electron chi connectivity index (χ0n) is 27.2. The van der Waals surface area contributed by atoms with Gasteiger partial charge in [-0.05, 0) is 92.7 Å². The molecule has 3 aromatic rings. The van der Waals surface area contributed by atoms with E-state index in [0.29, 0.717) is 0 Å². The van der Waals surface area contributed by atoms with Crippen LogP contribution in [0.1, 0.15) is 143 Å². The van der Waals surface area contributed by atoms with Crippen molar-refractivity contribution < 1.29 is 0 Å². The minimum Gasteiger partial charge on any atom is -0.355 e. The Bertz CT molecular complexity index is 1580.